The van der Waals surface area contributed by atoms with Crippen LogP contribution in [-0.2, 0) is 4.79 Å². The van der Waals surface area contributed by atoms with Crippen molar-refractivity contribution < 1.29 is 18.7 Å². The number of hydrogen-bond acceptors (Lipinski definition) is 5. The highest BCUT2D eigenvalue weighted by Crippen LogP contribution is 2.60. The van der Waals surface area contributed by atoms with Gasteiger partial charge < -0.3 is 15.4 Å². The lowest BCUT2D eigenvalue weighted by atomic mass is 9.44. The van der Waals surface area contributed by atoms with Gasteiger partial charge in [0.15, 0.2) is 6.61 Å². The van der Waals surface area contributed by atoms with Crippen LogP contribution in [0.5, 0.6) is 5.75 Å². The first-order chi connectivity index (χ1) is 14.4. The molecular formula is C21H20ClFN4O3. The molecule has 2 amide bonds. The monoisotopic (exact) mass is 430 g/mol. The molecular weight excluding hydrogens is 411 g/mol. The van der Waals surface area contributed by atoms with Crippen LogP contribution in [0.25, 0.3) is 0 Å². The average Bonchev–Trinajstić information content (AvgIpc) is 3.51. The molecule has 1 heterocycles. The summed E-state index contributed by atoms with van der Waals surface area (Å²) >= 11 is 5.62. The Balaban J connectivity index is 1.08. The minimum absolute atomic E-state index is 0.00199. The van der Waals surface area contributed by atoms with E-state index in [9.17, 15) is 14.0 Å². The van der Waals surface area contributed by atoms with Gasteiger partial charge in [-0.15, -0.1) is 0 Å². The molecule has 0 spiro atoms. The van der Waals surface area contributed by atoms with E-state index in [2.05, 4.69) is 20.6 Å². The fourth-order valence-electron chi connectivity index (χ4n) is 4.45. The van der Waals surface area contributed by atoms with Gasteiger partial charge in [0.1, 0.15) is 17.3 Å². The minimum atomic E-state index is -0.599. The molecule has 1 aromatic carbocycles. The third-order valence-corrected chi connectivity index (χ3v) is 6.28. The fourth-order valence-corrected chi connectivity index (χ4v) is 4.57. The van der Waals surface area contributed by atoms with Gasteiger partial charge in [-0.25, -0.2) is 9.37 Å². The largest absolute Gasteiger partial charge is 0.484 e. The number of benzene rings is 1. The van der Waals surface area contributed by atoms with Gasteiger partial charge in [0, 0.05) is 29.3 Å². The molecule has 4 aliphatic carbocycles. The quantitative estimate of drug-likeness (QED) is 0.704. The van der Waals surface area contributed by atoms with E-state index in [-0.39, 0.29) is 40.3 Å². The van der Waals surface area contributed by atoms with Crippen LogP contribution in [0.1, 0.15) is 54.2 Å². The molecule has 2 aromatic rings. The predicted octanol–water partition coefficient (Wildman–Crippen LogP) is 2.75. The Hall–Kier alpha value is -2.74. The van der Waals surface area contributed by atoms with Crippen LogP contribution in [0, 0.1) is 5.82 Å². The molecule has 0 aliphatic heterocycles. The summed E-state index contributed by atoms with van der Waals surface area (Å²) in [4.78, 5) is 33.2. The van der Waals surface area contributed by atoms with Crippen molar-refractivity contribution in [2.45, 2.75) is 49.1 Å². The molecule has 0 atom stereocenters. The number of nitrogens with one attached hydrogen (secondary N) is 2. The normalized spacial score (nSPS) is 26.2. The van der Waals surface area contributed by atoms with Crippen molar-refractivity contribution in [3.05, 3.63) is 52.8 Å². The molecule has 1 aromatic heterocycles. The number of rotatable bonds is 7. The topological polar surface area (TPSA) is 93.2 Å². The maximum Gasteiger partial charge on any atom is 0.271 e. The Labute approximate surface area is 177 Å². The minimum Gasteiger partial charge on any atom is -0.484 e. The number of amides is 2. The van der Waals surface area contributed by atoms with Crippen molar-refractivity contribution >= 4 is 23.4 Å². The first-order valence-corrected chi connectivity index (χ1v) is 10.3. The zero-order valence-electron chi connectivity index (χ0n) is 16.1. The first-order valence-electron chi connectivity index (χ1n) is 9.89. The van der Waals surface area contributed by atoms with E-state index in [1.807, 2.05) is 0 Å². The van der Waals surface area contributed by atoms with Crippen LogP contribution in [0.2, 0.25) is 5.02 Å². The van der Waals surface area contributed by atoms with Crippen LogP contribution in [0.3, 0.4) is 0 Å². The fraction of sp³-hybridized carbons (Fsp3) is 0.429. The summed E-state index contributed by atoms with van der Waals surface area (Å²) in [5, 5.41) is 5.98. The van der Waals surface area contributed by atoms with Gasteiger partial charge in [-0.2, -0.15) is 0 Å². The van der Waals surface area contributed by atoms with Gasteiger partial charge in [0.2, 0.25) is 0 Å². The summed E-state index contributed by atoms with van der Waals surface area (Å²) in [6.45, 7) is -0.217. The van der Waals surface area contributed by atoms with Gasteiger partial charge in [-0.3, -0.25) is 14.6 Å². The number of carbonyl (C=O) groups excluding carboxylic acids is 2. The van der Waals surface area contributed by atoms with E-state index in [0.29, 0.717) is 30.9 Å². The van der Waals surface area contributed by atoms with E-state index in [4.69, 9.17) is 16.3 Å². The van der Waals surface area contributed by atoms with Crippen molar-refractivity contribution in [1.82, 2.24) is 20.6 Å². The third kappa shape index (κ3) is 3.60. The molecule has 9 heteroatoms. The number of ether oxygens (including phenoxy) is 1. The molecule has 6 rings (SSSR count). The Bertz CT molecular complexity index is 1010. The highest BCUT2D eigenvalue weighted by Gasteiger charge is 2.69. The summed E-state index contributed by atoms with van der Waals surface area (Å²) < 4.78 is 18.7. The molecule has 4 fully saturated rings. The maximum absolute atomic E-state index is 13.4. The highest BCUT2D eigenvalue weighted by molar-refractivity contribution is 6.30. The Morgan fingerprint density at radius 2 is 1.87 bits per heavy atom. The number of carbonyl (C=O) groups is 2. The molecule has 0 saturated heterocycles. The zero-order chi connectivity index (χ0) is 20.9. The number of hydrogen-bond donors (Lipinski definition) is 2. The van der Waals surface area contributed by atoms with Gasteiger partial charge in [-0.05, 0) is 44.2 Å². The lowest BCUT2D eigenvalue weighted by Gasteiger charge is -2.70. The van der Waals surface area contributed by atoms with Crippen LogP contribution < -0.4 is 15.4 Å². The zero-order valence-corrected chi connectivity index (χ0v) is 16.8. The lowest BCUT2D eigenvalue weighted by Crippen LogP contribution is -2.84. The summed E-state index contributed by atoms with van der Waals surface area (Å²) in [6.07, 6.45) is 7.49. The molecule has 156 valence electrons. The molecule has 0 radical (unpaired) electrons. The van der Waals surface area contributed by atoms with E-state index in [1.165, 1.54) is 18.3 Å². The maximum atomic E-state index is 13.4. The first kappa shape index (κ1) is 19.2. The molecule has 4 saturated carbocycles. The highest BCUT2D eigenvalue weighted by atomic mass is 35.5. The van der Waals surface area contributed by atoms with Crippen LogP contribution in [-0.4, -0.2) is 39.5 Å². The van der Waals surface area contributed by atoms with E-state index >= 15 is 0 Å². The van der Waals surface area contributed by atoms with E-state index < -0.39 is 5.82 Å². The summed E-state index contributed by atoms with van der Waals surface area (Å²) in [6, 6.07) is 4.02. The number of halogens is 2. The molecule has 2 bridgehead atoms. The van der Waals surface area contributed by atoms with Gasteiger partial charge in [0.25, 0.3) is 11.8 Å². The predicted molar refractivity (Wildman–Crippen MR) is 106 cm³/mol. The van der Waals surface area contributed by atoms with Crippen molar-refractivity contribution in [2.75, 3.05) is 6.61 Å². The Morgan fingerprint density at radius 3 is 2.50 bits per heavy atom. The second-order valence-electron chi connectivity index (χ2n) is 8.56. The van der Waals surface area contributed by atoms with Crippen LogP contribution in [0.4, 0.5) is 4.39 Å². The standard InChI is InChI=1S/C21H20ClFN4O3/c22-14-4-3-13(5-15(14)23)30-8-18(28)26-20-9-21(10-20,11-20)27-19(29)17-7-24-16(6-25-17)12-1-2-12/h3-7,12H,1-2,8-11H2,(H,26,28)(H,27,29). The van der Waals surface area contributed by atoms with Gasteiger partial charge in [-0.1, -0.05) is 11.6 Å². The van der Waals surface area contributed by atoms with Crippen LogP contribution in [0.15, 0.2) is 30.6 Å². The van der Waals surface area contributed by atoms with Crippen molar-refractivity contribution in [2.24, 2.45) is 0 Å². The second kappa shape index (κ2) is 6.91. The average molecular weight is 431 g/mol. The van der Waals surface area contributed by atoms with Crippen molar-refractivity contribution in [3.63, 3.8) is 0 Å². The molecule has 0 unspecified atom stereocenters. The smallest absolute Gasteiger partial charge is 0.271 e. The van der Waals surface area contributed by atoms with E-state index in [0.717, 1.165) is 24.6 Å². The summed E-state index contributed by atoms with van der Waals surface area (Å²) in [7, 11) is 0. The molecule has 7 nitrogen and oxygen atoms in total. The molecule has 4 aliphatic rings. The van der Waals surface area contributed by atoms with E-state index in [1.54, 1.807) is 6.20 Å². The van der Waals surface area contributed by atoms with Crippen molar-refractivity contribution in [1.29, 1.82) is 0 Å². The van der Waals surface area contributed by atoms with Gasteiger partial charge in [0.05, 0.1) is 16.9 Å². The van der Waals surface area contributed by atoms with Crippen molar-refractivity contribution in [3.8, 4) is 5.75 Å². The molecule has 2 N–H and O–H groups in total. The van der Waals surface area contributed by atoms with Gasteiger partial charge >= 0.3 is 0 Å². The Morgan fingerprint density at radius 1 is 1.13 bits per heavy atom. The summed E-state index contributed by atoms with van der Waals surface area (Å²) in [5.41, 5.74) is 0.662. The second-order valence-corrected chi connectivity index (χ2v) is 8.97. The third-order valence-electron chi connectivity index (χ3n) is 5.97. The number of nitrogens with zero attached hydrogens (tertiary/aromatic N) is 2. The van der Waals surface area contributed by atoms with Crippen LogP contribution >= 0.6 is 11.6 Å². The SMILES string of the molecule is O=C(COc1ccc(Cl)c(F)c1)NC12CC(NC(=O)c3cnc(C4CC4)cn3)(C1)C2. The lowest BCUT2D eigenvalue weighted by molar-refractivity contribution is -0.141. The summed E-state index contributed by atoms with van der Waals surface area (Å²) in [5.74, 6) is -0.386. The Kier molecular flexibility index (Phi) is 4.43. The number of aromatic nitrogens is 2. The molecule has 30 heavy (non-hydrogen) atoms.